The van der Waals surface area contributed by atoms with Crippen LogP contribution >= 0.6 is 0 Å². The van der Waals surface area contributed by atoms with E-state index in [-0.39, 0.29) is 17.4 Å². The molecule has 2 aliphatic rings. The minimum absolute atomic E-state index is 0.0488. The lowest BCUT2D eigenvalue weighted by Crippen LogP contribution is -2.48. The number of carbonyl (C=O) groups excluding carboxylic acids is 2. The van der Waals surface area contributed by atoms with Crippen molar-refractivity contribution in [2.45, 2.75) is 64.9 Å². The van der Waals surface area contributed by atoms with E-state index in [1.165, 1.54) is 12.8 Å². The second-order valence-corrected chi connectivity index (χ2v) is 10.9. The molecule has 1 aromatic heterocycles. The van der Waals surface area contributed by atoms with Crippen molar-refractivity contribution in [3.8, 4) is 0 Å². The van der Waals surface area contributed by atoms with E-state index in [0.29, 0.717) is 24.4 Å². The van der Waals surface area contributed by atoms with Gasteiger partial charge in [0.1, 0.15) is 5.60 Å². The van der Waals surface area contributed by atoms with Crippen LogP contribution in [0.3, 0.4) is 0 Å². The van der Waals surface area contributed by atoms with E-state index in [1.807, 2.05) is 50.9 Å². The summed E-state index contributed by atoms with van der Waals surface area (Å²) in [7, 11) is 1.89. The standard InChI is InChI=1S/C27H38N4O3/c1-26(2,3)34-25(33)31-15-13-27(14-16-31)12-8-11-21(27)18-28-24(32)22-19-29-30(4)23(22)17-20-9-6-5-7-10-20/h5-7,9-10,19,21H,8,11-18H2,1-4H3,(H,28,32). The number of ether oxygens (including phenoxy) is 1. The molecule has 1 atom stereocenters. The summed E-state index contributed by atoms with van der Waals surface area (Å²) >= 11 is 0. The van der Waals surface area contributed by atoms with Crippen molar-refractivity contribution in [3.63, 3.8) is 0 Å². The van der Waals surface area contributed by atoms with Crippen LogP contribution in [0, 0.1) is 11.3 Å². The number of hydrogen-bond acceptors (Lipinski definition) is 4. The number of aryl methyl sites for hydroxylation is 1. The Balaban J connectivity index is 1.35. The number of piperidine rings is 1. The largest absolute Gasteiger partial charge is 0.444 e. The SMILES string of the molecule is Cn1ncc(C(=O)NCC2CCCC23CCN(C(=O)OC(C)(C)C)CC3)c1Cc1ccccc1. The Morgan fingerprint density at radius 1 is 1.15 bits per heavy atom. The summed E-state index contributed by atoms with van der Waals surface area (Å²) in [4.78, 5) is 27.5. The lowest BCUT2D eigenvalue weighted by Gasteiger charge is -2.43. The number of amides is 2. The number of likely N-dealkylation sites (tertiary alicyclic amines) is 1. The van der Waals surface area contributed by atoms with Gasteiger partial charge in [-0.05, 0) is 63.4 Å². The third kappa shape index (κ3) is 5.45. The van der Waals surface area contributed by atoms with Gasteiger partial charge < -0.3 is 15.0 Å². The van der Waals surface area contributed by atoms with E-state index in [0.717, 1.165) is 43.6 Å². The average Bonchev–Trinajstić information content (AvgIpc) is 3.35. The normalized spacial score (nSPS) is 19.9. The van der Waals surface area contributed by atoms with Crippen molar-refractivity contribution in [1.82, 2.24) is 20.0 Å². The maximum Gasteiger partial charge on any atom is 0.410 e. The molecule has 2 heterocycles. The molecule has 1 N–H and O–H groups in total. The summed E-state index contributed by atoms with van der Waals surface area (Å²) in [5.41, 5.74) is 2.46. The average molecular weight is 467 g/mol. The van der Waals surface area contributed by atoms with Crippen LogP contribution < -0.4 is 5.32 Å². The summed E-state index contributed by atoms with van der Waals surface area (Å²) in [6.07, 6.45) is 7.55. The molecule has 4 rings (SSSR count). The predicted octanol–water partition coefficient (Wildman–Crippen LogP) is 4.56. The molecule has 34 heavy (non-hydrogen) atoms. The van der Waals surface area contributed by atoms with Crippen molar-refractivity contribution in [2.24, 2.45) is 18.4 Å². The summed E-state index contributed by atoms with van der Waals surface area (Å²) in [5, 5.41) is 7.57. The molecule has 184 valence electrons. The molecule has 1 aromatic carbocycles. The fourth-order valence-electron chi connectivity index (χ4n) is 5.61. The lowest BCUT2D eigenvalue weighted by molar-refractivity contribution is 0.00435. The first-order valence-electron chi connectivity index (χ1n) is 12.5. The molecular weight excluding hydrogens is 428 g/mol. The van der Waals surface area contributed by atoms with Crippen LogP contribution in [0.5, 0.6) is 0 Å². The summed E-state index contributed by atoms with van der Waals surface area (Å²) in [5.74, 6) is 0.388. The zero-order valence-corrected chi connectivity index (χ0v) is 21.0. The third-order valence-electron chi connectivity index (χ3n) is 7.53. The quantitative estimate of drug-likeness (QED) is 0.701. The van der Waals surface area contributed by atoms with Gasteiger partial charge in [0.05, 0.1) is 17.5 Å². The van der Waals surface area contributed by atoms with Crippen LogP contribution in [-0.2, 0) is 18.2 Å². The molecular formula is C27H38N4O3. The third-order valence-corrected chi connectivity index (χ3v) is 7.53. The monoisotopic (exact) mass is 466 g/mol. The second-order valence-electron chi connectivity index (χ2n) is 10.9. The minimum atomic E-state index is -0.474. The smallest absolute Gasteiger partial charge is 0.410 e. The lowest BCUT2D eigenvalue weighted by atomic mass is 9.70. The number of hydrogen-bond donors (Lipinski definition) is 1. The van der Waals surface area contributed by atoms with E-state index in [2.05, 4.69) is 22.5 Å². The van der Waals surface area contributed by atoms with E-state index < -0.39 is 5.60 Å². The first-order chi connectivity index (χ1) is 16.2. The molecule has 0 radical (unpaired) electrons. The molecule has 1 saturated carbocycles. The Kier molecular flexibility index (Phi) is 7.01. The maximum absolute atomic E-state index is 13.1. The van der Waals surface area contributed by atoms with Crippen LogP contribution in [0.4, 0.5) is 4.79 Å². The van der Waals surface area contributed by atoms with Gasteiger partial charge in [-0.2, -0.15) is 5.10 Å². The molecule has 1 unspecified atom stereocenters. The minimum Gasteiger partial charge on any atom is -0.444 e. The van der Waals surface area contributed by atoms with E-state index >= 15 is 0 Å². The van der Waals surface area contributed by atoms with Crippen molar-refractivity contribution in [3.05, 3.63) is 53.3 Å². The molecule has 7 heteroatoms. The molecule has 1 aliphatic heterocycles. The van der Waals surface area contributed by atoms with E-state index in [1.54, 1.807) is 10.9 Å². The number of rotatable bonds is 5. The van der Waals surface area contributed by atoms with Crippen molar-refractivity contribution in [1.29, 1.82) is 0 Å². The first kappa shape index (κ1) is 24.3. The van der Waals surface area contributed by atoms with Gasteiger partial charge in [0.25, 0.3) is 5.91 Å². The molecule has 1 spiro atoms. The van der Waals surface area contributed by atoms with Gasteiger partial charge in [0.2, 0.25) is 0 Å². The summed E-state index contributed by atoms with van der Waals surface area (Å²) in [6, 6.07) is 10.2. The molecule has 2 fully saturated rings. The highest BCUT2D eigenvalue weighted by Gasteiger charge is 2.45. The number of aromatic nitrogens is 2. The number of benzene rings is 1. The summed E-state index contributed by atoms with van der Waals surface area (Å²) in [6.45, 7) is 7.83. The highest BCUT2D eigenvalue weighted by atomic mass is 16.6. The van der Waals surface area contributed by atoms with Crippen LogP contribution in [0.25, 0.3) is 0 Å². The Morgan fingerprint density at radius 2 is 1.85 bits per heavy atom. The van der Waals surface area contributed by atoms with Gasteiger partial charge in [-0.3, -0.25) is 9.48 Å². The Bertz CT molecular complexity index is 1000. The zero-order valence-electron chi connectivity index (χ0n) is 21.0. The van der Waals surface area contributed by atoms with Crippen molar-refractivity contribution < 1.29 is 14.3 Å². The fraction of sp³-hybridized carbons (Fsp3) is 0.593. The molecule has 2 amide bonds. The van der Waals surface area contributed by atoms with Gasteiger partial charge in [-0.25, -0.2) is 4.79 Å². The summed E-state index contributed by atoms with van der Waals surface area (Å²) < 4.78 is 7.36. The van der Waals surface area contributed by atoms with Gasteiger partial charge in [-0.15, -0.1) is 0 Å². The molecule has 1 aliphatic carbocycles. The van der Waals surface area contributed by atoms with Gasteiger partial charge in [0.15, 0.2) is 0 Å². The molecule has 7 nitrogen and oxygen atoms in total. The van der Waals surface area contributed by atoms with Gasteiger partial charge >= 0.3 is 6.09 Å². The van der Waals surface area contributed by atoms with E-state index in [4.69, 9.17) is 4.74 Å². The topological polar surface area (TPSA) is 76.5 Å². The molecule has 2 aromatic rings. The number of nitrogens with one attached hydrogen (secondary N) is 1. The van der Waals surface area contributed by atoms with Crippen LogP contribution in [-0.4, -0.2) is 51.9 Å². The van der Waals surface area contributed by atoms with Crippen molar-refractivity contribution >= 4 is 12.0 Å². The Labute approximate surface area is 202 Å². The van der Waals surface area contributed by atoms with Crippen molar-refractivity contribution in [2.75, 3.05) is 19.6 Å². The zero-order chi connectivity index (χ0) is 24.3. The Hall–Kier alpha value is -2.83. The Morgan fingerprint density at radius 3 is 2.53 bits per heavy atom. The highest BCUT2D eigenvalue weighted by molar-refractivity contribution is 5.95. The van der Waals surface area contributed by atoms with Crippen LogP contribution in [0.1, 0.15) is 74.5 Å². The van der Waals surface area contributed by atoms with Gasteiger partial charge in [0, 0.05) is 33.1 Å². The van der Waals surface area contributed by atoms with Gasteiger partial charge in [-0.1, -0.05) is 36.8 Å². The number of carbonyl (C=O) groups is 2. The first-order valence-corrected chi connectivity index (χ1v) is 12.5. The highest BCUT2D eigenvalue weighted by Crippen LogP contribution is 2.50. The maximum atomic E-state index is 13.1. The predicted molar refractivity (Wildman–Crippen MR) is 132 cm³/mol. The fourth-order valence-corrected chi connectivity index (χ4v) is 5.61. The second kappa shape index (κ2) is 9.80. The molecule has 1 saturated heterocycles. The molecule has 0 bridgehead atoms. The number of nitrogens with zero attached hydrogens (tertiary/aromatic N) is 3. The van der Waals surface area contributed by atoms with Crippen LogP contribution in [0.15, 0.2) is 36.5 Å². The van der Waals surface area contributed by atoms with Crippen LogP contribution in [0.2, 0.25) is 0 Å². The van der Waals surface area contributed by atoms with E-state index in [9.17, 15) is 9.59 Å².